The van der Waals surface area contributed by atoms with Gasteiger partial charge in [0, 0.05) is 0 Å². The number of aromatic nitrogens is 1. The van der Waals surface area contributed by atoms with Gasteiger partial charge in [-0.15, -0.1) is 0 Å². The Morgan fingerprint density at radius 1 is 1.42 bits per heavy atom. The number of alkyl halides is 5. The van der Waals surface area contributed by atoms with Gasteiger partial charge < -0.3 is 5.11 Å². The van der Waals surface area contributed by atoms with Crippen molar-refractivity contribution < 1.29 is 36.8 Å². The van der Waals surface area contributed by atoms with E-state index in [4.69, 9.17) is 5.11 Å². The maximum atomic E-state index is 12.5. The van der Waals surface area contributed by atoms with Gasteiger partial charge in [-0.1, -0.05) is 0 Å². The maximum absolute atomic E-state index is 12.5. The lowest BCUT2D eigenvalue weighted by molar-refractivity contribution is -0.389. The molecule has 0 saturated carbocycles. The highest BCUT2D eigenvalue weighted by Crippen LogP contribution is 2.40. The fourth-order valence-electron chi connectivity index (χ4n) is 1.23. The molecule has 6 nitrogen and oxygen atoms in total. The number of carboxylic acid groups (broad SMARTS) is 1. The topological polar surface area (TPSA) is 93.3 Å². The summed E-state index contributed by atoms with van der Waals surface area (Å²) in [5, 5.41) is 18.9. The van der Waals surface area contributed by atoms with Gasteiger partial charge in [0.1, 0.15) is 11.3 Å². The van der Waals surface area contributed by atoms with Gasteiger partial charge >= 0.3 is 17.8 Å². The first-order valence-electron chi connectivity index (χ1n) is 4.33. The molecule has 11 heteroatoms. The first-order valence-corrected chi connectivity index (χ1v) is 4.33. The van der Waals surface area contributed by atoms with Crippen molar-refractivity contribution in [3.8, 4) is 0 Å². The molecule has 0 radical (unpaired) electrons. The van der Waals surface area contributed by atoms with Crippen LogP contribution in [-0.4, -0.2) is 21.0 Å². The van der Waals surface area contributed by atoms with Gasteiger partial charge in [-0.3, -0.25) is 10.1 Å². The van der Waals surface area contributed by atoms with Gasteiger partial charge in [-0.25, -0.2) is 18.6 Å². The average molecular weight is 286 g/mol. The van der Waals surface area contributed by atoms with E-state index >= 15 is 0 Å². The predicted molar refractivity (Wildman–Crippen MR) is 47.8 cm³/mol. The van der Waals surface area contributed by atoms with Crippen LogP contribution in [0.3, 0.4) is 0 Å². The summed E-state index contributed by atoms with van der Waals surface area (Å²) >= 11 is 0. The quantitative estimate of drug-likeness (QED) is 0.523. The average Bonchev–Trinajstić information content (AvgIpc) is 2.25. The minimum Gasteiger partial charge on any atom is -0.477 e. The van der Waals surface area contributed by atoms with Crippen molar-refractivity contribution in [3.05, 3.63) is 33.1 Å². The summed E-state index contributed by atoms with van der Waals surface area (Å²) in [5.41, 5.74) is -7.22. The molecule has 1 heterocycles. The second-order valence-electron chi connectivity index (χ2n) is 3.15. The van der Waals surface area contributed by atoms with E-state index in [0.717, 1.165) is 0 Å². The Morgan fingerprint density at radius 2 is 1.95 bits per heavy atom. The minimum atomic E-state index is -5.36. The Kier molecular flexibility index (Phi) is 3.68. The molecule has 0 bridgehead atoms. The molecule has 0 aromatic carbocycles. The largest absolute Gasteiger partial charge is 0.477 e. The first kappa shape index (κ1) is 14.7. The molecule has 1 N–H and O–H groups in total. The first-order chi connectivity index (χ1) is 8.55. The van der Waals surface area contributed by atoms with E-state index in [0.29, 0.717) is 0 Å². The van der Waals surface area contributed by atoms with E-state index < -0.39 is 46.1 Å². The molecule has 19 heavy (non-hydrogen) atoms. The Balaban J connectivity index is 3.76. The zero-order chi connectivity index (χ0) is 15.0. The lowest BCUT2D eigenvalue weighted by Gasteiger charge is -2.10. The van der Waals surface area contributed by atoms with E-state index in [9.17, 15) is 36.9 Å². The number of carboxylic acids is 1. The Morgan fingerprint density at radius 3 is 2.26 bits per heavy atom. The van der Waals surface area contributed by atoms with Gasteiger partial charge in [-0.05, 0) is 6.07 Å². The van der Waals surface area contributed by atoms with Crippen molar-refractivity contribution in [2.24, 2.45) is 0 Å². The summed E-state index contributed by atoms with van der Waals surface area (Å²) in [5.74, 6) is -2.01. The molecule has 0 aliphatic heterocycles. The smallest absolute Gasteiger partial charge is 0.423 e. The third kappa shape index (κ3) is 2.92. The number of nitrogens with zero attached hydrogens (tertiary/aromatic N) is 2. The number of rotatable bonds is 3. The van der Waals surface area contributed by atoms with E-state index in [1.54, 1.807) is 0 Å². The summed E-state index contributed by atoms with van der Waals surface area (Å²) < 4.78 is 62.5. The van der Waals surface area contributed by atoms with Crippen molar-refractivity contribution >= 4 is 11.7 Å². The van der Waals surface area contributed by atoms with Crippen LogP contribution in [0.15, 0.2) is 6.07 Å². The molecule has 0 unspecified atom stereocenters. The van der Waals surface area contributed by atoms with Crippen LogP contribution in [0.5, 0.6) is 0 Å². The standard InChI is InChI=1S/C8H3F5N2O4/c9-6(10)4-5(15(18)19)2(8(11,12)13)1-3(14-4)7(16)17/h1,6H,(H,16,17). The molecule has 0 amide bonds. The van der Waals surface area contributed by atoms with E-state index in [1.165, 1.54) is 0 Å². The molecule has 1 aromatic heterocycles. The summed E-state index contributed by atoms with van der Waals surface area (Å²) in [6.07, 6.45) is -9.08. The second-order valence-corrected chi connectivity index (χ2v) is 3.15. The van der Waals surface area contributed by atoms with Crippen LogP contribution in [0.2, 0.25) is 0 Å². The molecule has 104 valence electrons. The molecular formula is C8H3F5N2O4. The van der Waals surface area contributed by atoms with Crippen LogP contribution >= 0.6 is 0 Å². The van der Waals surface area contributed by atoms with E-state index in [1.807, 2.05) is 0 Å². The van der Waals surface area contributed by atoms with Crippen LogP contribution in [-0.2, 0) is 6.18 Å². The lowest BCUT2D eigenvalue weighted by Crippen LogP contribution is -2.15. The molecule has 1 aromatic rings. The number of nitro groups is 1. The molecule has 0 aliphatic carbocycles. The summed E-state index contributed by atoms with van der Waals surface area (Å²) in [6, 6.07) is -0.160. The molecular weight excluding hydrogens is 283 g/mol. The van der Waals surface area contributed by atoms with Crippen molar-refractivity contribution in [2.75, 3.05) is 0 Å². The zero-order valence-electron chi connectivity index (χ0n) is 8.61. The SMILES string of the molecule is O=C(O)c1cc(C(F)(F)F)c([N+](=O)[O-])c(C(F)F)n1. The number of halogens is 5. The number of hydrogen-bond donors (Lipinski definition) is 1. The molecule has 0 fully saturated rings. The molecule has 0 spiro atoms. The Labute approximate surface area is 100 Å². The highest BCUT2D eigenvalue weighted by Gasteiger charge is 2.43. The monoisotopic (exact) mass is 286 g/mol. The maximum Gasteiger partial charge on any atom is 0.423 e. The molecule has 1 rings (SSSR count). The number of carbonyl (C=O) groups is 1. The summed E-state index contributed by atoms with van der Waals surface area (Å²) in [4.78, 5) is 21.9. The van der Waals surface area contributed by atoms with Gasteiger partial charge in [0.25, 0.3) is 6.43 Å². The zero-order valence-corrected chi connectivity index (χ0v) is 8.61. The molecule has 0 saturated heterocycles. The normalized spacial score (nSPS) is 11.7. The highest BCUT2D eigenvalue weighted by molar-refractivity contribution is 5.86. The van der Waals surface area contributed by atoms with Crippen molar-refractivity contribution in [2.45, 2.75) is 12.6 Å². The van der Waals surface area contributed by atoms with Crippen LogP contribution < -0.4 is 0 Å². The Bertz CT molecular complexity index is 543. The number of aromatic carboxylic acids is 1. The van der Waals surface area contributed by atoms with E-state index in [-0.39, 0.29) is 6.07 Å². The predicted octanol–water partition coefficient (Wildman–Crippen LogP) is 2.64. The van der Waals surface area contributed by atoms with Gasteiger partial charge in [0.05, 0.1) is 4.92 Å². The Hall–Kier alpha value is -2.33. The van der Waals surface area contributed by atoms with Crippen molar-refractivity contribution in [1.29, 1.82) is 0 Å². The second kappa shape index (κ2) is 4.74. The van der Waals surface area contributed by atoms with Crippen molar-refractivity contribution in [1.82, 2.24) is 4.98 Å². The lowest BCUT2D eigenvalue weighted by atomic mass is 10.1. The van der Waals surface area contributed by atoms with E-state index in [2.05, 4.69) is 4.98 Å². The van der Waals surface area contributed by atoms with Gasteiger partial charge in [0.15, 0.2) is 5.69 Å². The minimum absolute atomic E-state index is 0.160. The summed E-state index contributed by atoms with van der Waals surface area (Å²) in [7, 11) is 0. The van der Waals surface area contributed by atoms with Crippen LogP contribution in [0.1, 0.15) is 28.2 Å². The third-order valence-corrected chi connectivity index (χ3v) is 1.93. The highest BCUT2D eigenvalue weighted by atomic mass is 19.4. The van der Waals surface area contributed by atoms with Crippen LogP contribution in [0.25, 0.3) is 0 Å². The van der Waals surface area contributed by atoms with Gasteiger partial charge in [0.2, 0.25) is 0 Å². The molecule has 0 atom stereocenters. The van der Waals surface area contributed by atoms with Crippen LogP contribution in [0, 0.1) is 10.1 Å². The number of hydrogen-bond acceptors (Lipinski definition) is 4. The van der Waals surface area contributed by atoms with Crippen molar-refractivity contribution in [3.63, 3.8) is 0 Å². The number of pyridine rings is 1. The third-order valence-electron chi connectivity index (χ3n) is 1.93. The fourth-order valence-corrected chi connectivity index (χ4v) is 1.23. The summed E-state index contributed by atoms with van der Waals surface area (Å²) in [6.45, 7) is 0. The van der Waals surface area contributed by atoms with Crippen LogP contribution in [0.4, 0.5) is 27.6 Å². The molecule has 0 aliphatic rings. The van der Waals surface area contributed by atoms with Gasteiger partial charge in [-0.2, -0.15) is 13.2 Å². The fraction of sp³-hybridized carbons (Fsp3) is 0.250.